The summed E-state index contributed by atoms with van der Waals surface area (Å²) in [6.07, 6.45) is 1.06. The monoisotopic (exact) mass is 280 g/mol. The van der Waals surface area contributed by atoms with Crippen LogP contribution in [-0.2, 0) is 0 Å². The van der Waals surface area contributed by atoms with Gasteiger partial charge in [0.1, 0.15) is 0 Å². The minimum Gasteiger partial charge on any atom is -0.357 e. The number of hydrogen-bond acceptors (Lipinski definition) is 6. The van der Waals surface area contributed by atoms with Crippen LogP contribution in [-0.4, -0.2) is 47.7 Å². The number of nitrogens with one attached hydrogen (secondary N) is 1. The normalized spacial score (nSPS) is 12.1. The molecule has 1 heterocycles. The van der Waals surface area contributed by atoms with Gasteiger partial charge in [-0.15, -0.1) is 0 Å². The number of nitrogens with zero attached hydrogens (tertiary/aromatic N) is 5. The lowest BCUT2D eigenvalue weighted by molar-refractivity contribution is 0.612. The third-order valence-corrected chi connectivity index (χ3v) is 3.60. The van der Waals surface area contributed by atoms with E-state index in [4.69, 9.17) is 0 Å². The molecule has 6 nitrogen and oxygen atoms in total. The Morgan fingerprint density at radius 1 is 0.950 bits per heavy atom. The Labute approximate surface area is 122 Å². The van der Waals surface area contributed by atoms with Crippen LogP contribution in [0.1, 0.15) is 41.0 Å². The van der Waals surface area contributed by atoms with Crippen molar-refractivity contribution in [2.75, 3.05) is 41.8 Å². The standard InChI is InChI=1S/C14H28N6/c1-7-11(5)20(10-4)14-17-12(15-6)16-13(18-14)19(8-2)9-3/h11H,7-10H2,1-6H3,(H,15,16,17,18). The second kappa shape index (κ2) is 7.87. The Morgan fingerprint density at radius 3 is 2.00 bits per heavy atom. The molecule has 1 N–H and O–H groups in total. The van der Waals surface area contributed by atoms with Crippen molar-refractivity contribution in [3.8, 4) is 0 Å². The van der Waals surface area contributed by atoms with Crippen molar-refractivity contribution in [2.24, 2.45) is 0 Å². The van der Waals surface area contributed by atoms with Crippen LogP contribution in [0.4, 0.5) is 17.8 Å². The van der Waals surface area contributed by atoms with Gasteiger partial charge in [-0.2, -0.15) is 15.0 Å². The molecule has 0 aromatic carbocycles. The number of aromatic nitrogens is 3. The molecular formula is C14H28N6. The molecule has 0 radical (unpaired) electrons. The van der Waals surface area contributed by atoms with Gasteiger partial charge in [0, 0.05) is 32.7 Å². The highest BCUT2D eigenvalue weighted by molar-refractivity contribution is 5.45. The number of anilines is 3. The molecule has 1 rings (SSSR count). The molecule has 0 spiro atoms. The summed E-state index contributed by atoms with van der Waals surface area (Å²) >= 11 is 0. The third kappa shape index (κ3) is 3.71. The van der Waals surface area contributed by atoms with E-state index in [-0.39, 0.29) is 0 Å². The largest absolute Gasteiger partial charge is 0.357 e. The Kier molecular flexibility index (Phi) is 6.48. The fourth-order valence-electron chi connectivity index (χ4n) is 2.11. The molecule has 0 saturated heterocycles. The molecule has 0 aliphatic carbocycles. The maximum Gasteiger partial charge on any atom is 0.232 e. The summed E-state index contributed by atoms with van der Waals surface area (Å²) < 4.78 is 0. The Hall–Kier alpha value is -1.59. The summed E-state index contributed by atoms with van der Waals surface area (Å²) in [5.41, 5.74) is 0. The van der Waals surface area contributed by atoms with Crippen LogP contribution in [0.25, 0.3) is 0 Å². The van der Waals surface area contributed by atoms with E-state index >= 15 is 0 Å². The Morgan fingerprint density at radius 2 is 1.55 bits per heavy atom. The number of hydrogen-bond donors (Lipinski definition) is 1. The average molecular weight is 280 g/mol. The molecule has 20 heavy (non-hydrogen) atoms. The lowest BCUT2D eigenvalue weighted by Gasteiger charge is -2.28. The molecule has 0 aliphatic rings. The molecule has 0 aliphatic heterocycles. The van der Waals surface area contributed by atoms with Crippen LogP contribution in [0.2, 0.25) is 0 Å². The fraction of sp³-hybridized carbons (Fsp3) is 0.786. The lowest BCUT2D eigenvalue weighted by Crippen LogP contribution is -2.35. The molecule has 0 fully saturated rings. The highest BCUT2D eigenvalue weighted by Crippen LogP contribution is 2.19. The van der Waals surface area contributed by atoms with E-state index in [0.717, 1.165) is 38.0 Å². The SMILES string of the molecule is CCC(C)N(CC)c1nc(NC)nc(N(CC)CC)n1. The minimum absolute atomic E-state index is 0.414. The van der Waals surface area contributed by atoms with Crippen LogP contribution in [0.3, 0.4) is 0 Å². The molecule has 114 valence electrons. The van der Waals surface area contributed by atoms with Crippen molar-refractivity contribution in [1.29, 1.82) is 0 Å². The van der Waals surface area contributed by atoms with Gasteiger partial charge in [-0.3, -0.25) is 0 Å². The van der Waals surface area contributed by atoms with Gasteiger partial charge in [0.05, 0.1) is 0 Å². The van der Waals surface area contributed by atoms with E-state index in [9.17, 15) is 0 Å². The quantitative estimate of drug-likeness (QED) is 0.789. The van der Waals surface area contributed by atoms with E-state index in [1.165, 1.54) is 0 Å². The molecule has 1 aromatic heterocycles. The summed E-state index contributed by atoms with van der Waals surface area (Å²) in [4.78, 5) is 18.0. The zero-order chi connectivity index (χ0) is 15.1. The van der Waals surface area contributed by atoms with Gasteiger partial charge in [0.15, 0.2) is 0 Å². The second-order valence-electron chi connectivity index (χ2n) is 4.72. The van der Waals surface area contributed by atoms with Gasteiger partial charge < -0.3 is 15.1 Å². The van der Waals surface area contributed by atoms with Crippen LogP contribution in [0, 0.1) is 0 Å². The van der Waals surface area contributed by atoms with Crippen LogP contribution < -0.4 is 15.1 Å². The van der Waals surface area contributed by atoms with E-state index in [1.54, 1.807) is 0 Å². The molecule has 0 bridgehead atoms. The van der Waals surface area contributed by atoms with Gasteiger partial charge in [0.2, 0.25) is 17.8 Å². The molecule has 6 heteroatoms. The molecule has 1 unspecified atom stereocenters. The minimum atomic E-state index is 0.414. The first-order chi connectivity index (χ1) is 9.60. The summed E-state index contributed by atoms with van der Waals surface area (Å²) in [7, 11) is 1.84. The summed E-state index contributed by atoms with van der Waals surface area (Å²) in [5, 5.41) is 3.03. The summed E-state index contributed by atoms with van der Waals surface area (Å²) in [6, 6.07) is 0.414. The maximum atomic E-state index is 4.65. The van der Waals surface area contributed by atoms with Gasteiger partial charge >= 0.3 is 0 Å². The molecular weight excluding hydrogens is 252 g/mol. The van der Waals surface area contributed by atoms with Crippen molar-refractivity contribution in [2.45, 2.75) is 47.1 Å². The van der Waals surface area contributed by atoms with E-state index in [0.29, 0.717) is 12.0 Å². The van der Waals surface area contributed by atoms with E-state index < -0.39 is 0 Å². The summed E-state index contributed by atoms with van der Waals surface area (Å²) in [6.45, 7) is 13.4. The van der Waals surface area contributed by atoms with Crippen molar-refractivity contribution < 1.29 is 0 Å². The second-order valence-corrected chi connectivity index (χ2v) is 4.72. The highest BCUT2D eigenvalue weighted by Gasteiger charge is 2.18. The third-order valence-electron chi connectivity index (χ3n) is 3.60. The predicted octanol–water partition coefficient (Wildman–Crippen LogP) is 2.38. The van der Waals surface area contributed by atoms with Gasteiger partial charge in [-0.25, -0.2) is 0 Å². The van der Waals surface area contributed by atoms with Crippen molar-refractivity contribution in [1.82, 2.24) is 15.0 Å². The zero-order valence-corrected chi connectivity index (χ0v) is 13.6. The van der Waals surface area contributed by atoms with Gasteiger partial charge in [-0.1, -0.05) is 6.92 Å². The van der Waals surface area contributed by atoms with Crippen molar-refractivity contribution in [3.05, 3.63) is 0 Å². The first-order valence-electron chi connectivity index (χ1n) is 7.56. The molecule has 1 aromatic rings. The van der Waals surface area contributed by atoms with Crippen molar-refractivity contribution >= 4 is 17.8 Å². The zero-order valence-electron chi connectivity index (χ0n) is 13.6. The molecule has 0 amide bonds. The predicted molar refractivity (Wildman–Crippen MR) is 85.7 cm³/mol. The summed E-state index contributed by atoms with van der Waals surface area (Å²) in [5.74, 6) is 2.12. The van der Waals surface area contributed by atoms with Gasteiger partial charge in [0.25, 0.3) is 0 Å². The smallest absolute Gasteiger partial charge is 0.232 e. The van der Waals surface area contributed by atoms with Crippen LogP contribution in [0.5, 0.6) is 0 Å². The Bertz CT molecular complexity index is 405. The first-order valence-corrected chi connectivity index (χ1v) is 7.56. The maximum absolute atomic E-state index is 4.65. The highest BCUT2D eigenvalue weighted by atomic mass is 15.4. The number of rotatable bonds is 8. The van der Waals surface area contributed by atoms with Crippen LogP contribution >= 0.6 is 0 Å². The van der Waals surface area contributed by atoms with Crippen LogP contribution in [0.15, 0.2) is 0 Å². The molecule has 0 saturated carbocycles. The van der Waals surface area contributed by atoms with Crippen molar-refractivity contribution in [3.63, 3.8) is 0 Å². The van der Waals surface area contributed by atoms with Gasteiger partial charge in [-0.05, 0) is 34.1 Å². The molecule has 1 atom stereocenters. The van der Waals surface area contributed by atoms with E-state index in [2.05, 4.69) is 64.7 Å². The average Bonchev–Trinajstić information content (AvgIpc) is 2.48. The lowest BCUT2D eigenvalue weighted by atomic mass is 10.2. The first kappa shape index (κ1) is 16.5. The topological polar surface area (TPSA) is 57.2 Å². The fourth-order valence-corrected chi connectivity index (χ4v) is 2.11. The Balaban J connectivity index is 3.21. The van der Waals surface area contributed by atoms with E-state index in [1.807, 2.05) is 7.05 Å².